The van der Waals surface area contributed by atoms with E-state index in [1.54, 1.807) is 13.0 Å². The van der Waals surface area contributed by atoms with E-state index in [1.807, 2.05) is 13.8 Å². The molecule has 1 aromatic carbocycles. The Hall–Kier alpha value is -2.93. The molecule has 1 aliphatic heterocycles. The van der Waals surface area contributed by atoms with Gasteiger partial charge in [-0.2, -0.15) is 0 Å². The minimum atomic E-state index is -1.35. The summed E-state index contributed by atoms with van der Waals surface area (Å²) in [5, 5.41) is 11.3. The van der Waals surface area contributed by atoms with Gasteiger partial charge in [-0.3, -0.25) is 9.59 Å². The summed E-state index contributed by atoms with van der Waals surface area (Å²) in [4.78, 5) is 38.1. The first kappa shape index (κ1) is 23.2. The van der Waals surface area contributed by atoms with Crippen molar-refractivity contribution in [3.05, 3.63) is 47.1 Å². The topological polar surface area (TPSA) is 99.1 Å². The lowest BCUT2D eigenvalue weighted by molar-refractivity contribution is -0.145. The summed E-state index contributed by atoms with van der Waals surface area (Å²) < 4.78 is 16.8. The van der Waals surface area contributed by atoms with Crippen molar-refractivity contribution >= 4 is 17.7 Å². The van der Waals surface area contributed by atoms with Gasteiger partial charge < -0.3 is 19.3 Å². The van der Waals surface area contributed by atoms with Crippen molar-refractivity contribution in [3.63, 3.8) is 0 Å². The highest BCUT2D eigenvalue weighted by Crippen LogP contribution is 2.62. The molecule has 0 unspecified atom stereocenters. The Labute approximate surface area is 193 Å². The van der Waals surface area contributed by atoms with Crippen LogP contribution in [0.4, 0.5) is 0 Å². The Morgan fingerprint density at radius 2 is 2.00 bits per heavy atom. The van der Waals surface area contributed by atoms with E-state index in [0.29, 0.717) is 36.1 Å². The molecule has 4 aliphatic rings. The maximum atomic E-state index is 13.8. The zero-order valence-corrected chi connectivity index (χ0v) is 19.5. The SMILES string of the molecule is CCOC(=O)C1=C[C@]23C(=O)c4ccc(OC(C)=O)cc4O[C@H]2C[C@@]1(CCC=C(C)C)C[C@@H]3O. The number of hydrogen-bond donors (Lipinski definition) is 1. The average Bonchev–Trinajstić information content (AvgIpc) is 2.72. The molecule has 7 nitrogen and oxygen atoms in total. The standard InChI is InChI=1S/C26H30O7/c1-5-31-24(30)19-12-26-21(28)13-25(19,10-6-7-15(2)3)14-22(26)33-20-11-17(32-16(4)27)8-9-18(20)23(26)29/h7-9,11-12,21-22,28H,5-6,10,13-14H2,1-4H3/t21-,22-,25+,26+/m0/s1. The molecule has 3 aliphatic carbocycles. The molecule has 0 radical (unpaired) electrons. The molecule has 0 amide bonds. The predicted octanol–water partition coefficient (Wildman–Crippen LogP) is 3.93. The lowest BCUT2D eigenvalue weighted by Crippen LogP contribution is -2.65. The molecule has 1 aromatic rings. The molecule has 1 heterocycles. The van der Waals surface area contributed by atoms with Gasteiger partial charge in [-0.15, -0.1) is 0 Å². The van der Waals surface area contributed by atoms with Gasteiger partial charge >= 0.3 is 11.9 Å². The summed E-state index contributed by atoms with van der Waals surface area (Å²) >= 11 is 0. The van der Waals surface area contributed by atoms with Gasteiger partial charge in [-0.05, 0) is 58.6 Å². The van der Waals surface area contributed by atoms with E-state index in [-0.39, 0.29) is 18.1 Å². The number of hydrogen-bond acceptors (Lipinski definition) is 7. The van der Waals surface area contributed by atoms with Gasteiger partial charge in [0.25, 0.3) is 0 Å². The van der Waals surface area contributed by atoms with Gasteiger partial charge in [0.15, 0.2) is 5.78 Å². The maximum absolute atomic E-state index is 13.8. The molecule has 1 spiro atoms. The molecule has 2 bridgehead atoms. The van der Waals surface area contributed by atoms with Gasteiger partial charge in [0.05, 0.1) is 18.3 Å². The molecule has 0 saturated heterocycles. The number of carbonyl (C=O) groups excluding carboxylic acids is 3. The number of esters is 2. The first-order valence-electron chi connectivity index (χ1n) is 11.4. The highest BCUT2D eigenvalue weighted by Gasteiger charge is 2.66. The van der Waals surface area contributed by atoms with Crippen molar-refractivity contribution in [3.8, 4) is 11.5 Å². The highest BCUT2D eigenvalue weighted by molar-refractivity contribution is 6.08. The van der Waals surface area contributed by atoms with Crippen LogP contribution in [0.2, 0.25) is 0 Å². The molecular formula is C26H30O7. The van der Waals surface area contributed by atoms with E-state index >= 15 is 0 Å². The fourth-order valence-electron chi connectivity index (χ4n) is 5.53. The maximum Gasteiger partial charge on any atom is 0.334 e. The number of carbonyl (C=O) groups is 3. The number of rotatable bonds is 6. The highest BCUT2D eigenvalue weighted by atomic mass is 16.5. The van der Waals surface area contributed by atoms with Crippen LogP contribution in [-0.2, 0) is 14.3 Å². The third kappa shape index (κ3) is 3.78. The van der Waals surface area contributed by atoms with Crippen LogP contribution in [0.15, 0.2) is 41.5 Å². The van der Waals surface area contributed by atoms with Crippen molar-refractivity contribution in [1.29, 1.82) is 0 Å². The molecule has 1 saturated carbocycles. The van der Waals surface area contributed by atoms with Crippen molar-refractivity contribution < 1.29 is 33.7 Å². The first-order valence-corrected chi connectivity index (χ1v) is 11.4. The Kier molecular flexibility index (Phi) is 5.95. The Bertz CT molecular complexity index is 1060. The largest absolute Gasteiger partial charge is 0.488 e. The van der Waals surface area contributed by atoms with Crippen LogP contribution in [0.25, 0.3) is 0 Å². The van der Waals surface area contributed by atoms with Crippen LogP contribution in [0.5, 0.6) is 11.5 Å². The summed E-state index contributed by atoms with van der Waals surface area (Å²) in [6, 6.07) is 4.59. The van der Waals surface area contributed by atoms with E-state index < -0.39 is 35.0 Å². The van der Waals surface area contributed by atoms with Crippen LogP contribution in [0.3, 0.4) is 0 Å². The van der Waals surface area contributed by atoms with Gasteiger partial charge in [0, 0.05) is 24.0 Å². The van der Waals surface area contributed by atoms with Crippen molar-refractivity contribution in [2.24, 2.45) is 10.8 Å². The number of ether oxygens (including phenoxy) is 3. The van der Waals surface area contributed by atoms with E-state index in [9.17, 15) is 19.5 Å². The fourth-order valence-corrected chi connectivity index (χ4v) is 5.53. The number of aliphatic hydroxyl groups is 1. The molecular weight excluding hydrogens is 424 g/mol. The van der Waals surface area contributed by atoms with Gasteiger partial charge in [-0.1, -0.05) is 17.7 Å². The summed E-state index contributed by atoms with van der Waals surface area (Å²) in [5.41, 5.74) is -0.0822. The Balaban J connectivity index is 1.80. The molecule has 0 aromatic heterocycles. The monoisotopic (exact) mass is 454 g/mol. The van der Waals surface area contributed by atoms with Crippen molar-refractivity contribution in [2.45, 2.75) is 65.6 Å². The normalized spacial score (nSPS) is 29.2. The minimum Gasteiger partial charge on any atom is -0.488 e. The second kappa shape index (κ2) is 8.45. The number of aliphatic hydroxyl groups excluding tert-OH is 1. The Morgan fingerprint density at radius 1 is 1.24 bits per heavy atom. The molecule has 1 fully saturated rings. The summed E-state index contributed by atoms with van der Waals surface area (Å²) in [6.07, 6.45) is 4.16. The smallest absolute Gasteiger partial charge is 0.334 e. The number of fused-ring (bicyclic) bond motifs is 2. The van der Waals surface area contributed by atoms with Gasteiger partial charge in [-0.25, -0.2) is 4.79 Å². The van der Waals surface area contributed by atoms with E-state index in [0.717, 1.165) is 6.42 Å². The van der Waals surface area contributed by atoms with E-state index in [4.69, 9.17) is 14.2 Å². The molecule has 1 N–H and O–H groups in total. The zero-order chi connectivity index (χ0) is 24.0. The summed E-state index contributed by atoms with van der Waals surface area (Å²) in [6.45, 7) is 7.31. The lowest BCUT2D eigenvalue weighted by Gasteiger charge is -2.58. The third-order valence-electron chi connectivity index (χ3n) is 6.99. The fraction of sp³-hybridized carbons (Fsp3) is 0.500. The number of benzene rings is 1. The number of Topliss-reactive ketones (excluding diaryl/α,β-unsaturated/α-hetero) is 1. The third-order valence-corrected chi connectivity index (χ3v) is 6.99. The molecule has 7 heteroatoms. The predicted molar refractivity (Wildman–Crippen MR) is 120 cm³/mol. The van der Waals surface area contributed by atoms with Crippen LogP contribution in [0.1, 0.15) is 63.7 Å². The number of ketones is 1. The van der Waals surface area contributed by atoms with Gasteiger partial charge in [0.1, 0.15) is 23.0 Å². The van der Waals surface area contributed by atoms with Crippen LogP contribution in [-0.4, -0.2) is 41.6 Å². The van der Waals surface area contributed by atoms with Gasteiger partial charge in [0.2, 0.25) is 0 Å². The second-order valence-electron chi connectivity index (χ2n) is 9.42. The zero-order valence-electron chi connectivity index (χ0n) is 19.5. The van der Waals surface area contributed by atoms with Crippen LogP contribution < -0.4 is 9.47 Å². The van der Waals surface area contributed by atoms with Crippen LogP contribution in [0, 0.1) is 10.8 Å². The molecule has 33 heavy (non-hydrogen) atoms. The lowest BCUT2D eigenvalue weighted by atomic mass is 9.48. The molecule has 5 rings (SSSR count). The van der Waals surface area contributed by atoms with E-state index in [2.05, 4.69) is 6.08 Å². The quantitative estimate of drug-likeness (QED) is 0.395. The average molecular weight is 455 g/mol. The second-order valence-corrected chi connectivity index (χ2v) is 9.42. The summed E-state index contributed by atoms with van der Waals surface area (Å²) in [7, 11) is 0. The van der Waals surface area contributed by atoms with Crippen LogP contribution >= 0.6 is 0 Å². The van der Waals surface area contributed by atoms with Crippen molar-refractivity contribution in [2.75, 3.05) is 6.61 Å². The Morgan fingerprint density at radius 3 is 2.67 bits per heavy atom. The van der Waals surface area contributed by atoms with Crippen molar-refractivity contribution in [1.82, 2.24) is 0 Å². The first-order chi connectivity index (χ1) is 15.6. The summed E-state index contributed by atoms with van der Waals surface area (Å²) in [5.74, 6) is -0.605. The molecule has 4 atom stereocenters. The molecule has 176 valence electrons. The minimum absolute atomic E-state index is 0.228. The number of allylic oxidation sites excluding steroid dienone is 2. The van der Waals surface area contributed by atoms with E-state index in [1.165, 1.54) is 30.7 Å².